The Morgan fingerprint density at radius 1 is 1.38 bits per heavy atom. The lowest BCUT2D eigenvalue weighted by Gasteiger charge is -2.24. The number of rotatable bonds is 3. The van der Waals surface area contributed by atoms with Crippen molar-refractivity contribution < 1.29 is 14.3 Å². The van der Waals surface area contributed by atoms with Crippen LogP contribution in [0.5, 0.6) is 5.75 Å². The molecule has 0 radical (unpaired) electrons. The van der Waals surface area contributed by atoms with Crippen LogP contribution >= 0.6 is 0 Å². The van der Waals surface area contributed by atoms with Crippen LogP contribution in [0.25, 0.3) is 11.0 Å². The van der Waals surface area contributed by atoms with E-state index in [4.69, 9.17) is 15.2 Å². The van der Waals surface area contributed by atoms with Crippen LogP contribution in [0.4, 0.5) is 5.69 Å². The summed E-state index contributed by atoms with van der Waals surface area (Å²) in [5.41, 5.74) is 8.03. The average molecular weight is 328 g/mol. The predicted molar refractivity (Wildman–Crippen MR) is 89.3 cm³/mol. The number of carbonyl (C=O) groups is 1. The third-order valence-corrected chi connectivity index (χ3v) is 5.08. The quantitative estimate of drug-likeness (QED) is 0.915. The van der Waals surface area contributed by atoms with Crippen LogP contribution in [0, 0.1) is 5.41 Å². The van der Waals surface area contributed by atoms with Gasteiger partial charge in [0.25, 0.3) is 5.91 Å². The number of amides is 1. The van der Waals surface area contributed by atoms with E-state index in [0.29, 0.717) is 11.3 Å². The maximum absolute atomic E-state index is 11.4. The van der Waals surface area contributed by atoms with Gasteiger partial charge in [0.15, 0.2) is 0 Å². The van der Waals surface area contributed by atoms with E-state index in [0.717, 1.165) is 50.3 Å². The molecule has 2 fully saturated rings. The first-order chi connectivity index (χ1) is 11.6. The normalized spacial score (nSPS) is 23.3. The Morgan fingerprint density at radius 2 is 2.25 bits per heavy atom. The smallest absolute Gasteiger partial charge is 0.268 e. The number of nitrogens with zero attached hydrogens (tertiary/aromatic N) is 3. The van der Waals surface area contributed by atoms with Gasteiger partial charge < -0.3 is 20.1 Å². The fraction of sp³-hybridized carbons (Fsp3) is 0.471. The fourth-order valence-corrected chi connectivity index (χ4v) is 3.71. The molecule has 2 aromatic rings. The van der Waals surface area contributed by atoms with E-state index in [2.05, 4.69) is 14.9 Å². The highest BCUT2D eigenvalue weighted by atomic mass is 16.5. The van der Waals surface area contributed by atoms with Gasteiger partial charge in [-0.2, -0.15) is 0 Å². The van der Waals surface area contributed by atoms with Gasteiger partial charge in [-0.15, -0.1) is 0 Å². The predicted octanol–water partition coefficient (Wildman–Crippen LogP) is 1.35. The van der Waals surface area contributed by atoms with Crippen molar-refractivity contribution in [2.45, 2.75) is 12.8 Å². The van der Waals surface area contributed by atoms with Gasteiger partial charge in [-0.05, 0) is 25.0 Å². The van der Waals surface area contributed by atoms with Crippen molar-refractivity contribution in [1.82, 2.24) is 9.97 Å². The van der Waals surface area contributed by atoms with E-state index >= 15 is 0 Å². The van der Waals surface area contributed by atoms with Crippen LogP contribution in [-0.4, -0.2) is 49.3 Å². The lowest BCUT2D eigenvalue weighted by molar-refractivity contribution is 0.0995. The van der Waals surface area contributed by atoms with Gasteiger partial charge in [-0.1, -0.05) is 0 Å². The lowest BCUT2D eigenvalue weighted by atomic mass is 9.87. The van der Waals surface area contributed by atoms with Crippen LogP contribution in [-0.2, 0) is 4.74 Å². The van der Waals surface area contributed by atoms with Crippen LogP contribution in [0.3, 0.4) is 0 Å². The number of benzene rings is 1. The lowest BCUT2D eigenvalue weighted by Crippen LogP contribution is -2.27. The molecular weight excluding hydrogens is 308 g/mol. The van der Waals surface area contributed by atoms with Gasteiger partial charge in [-0.3, -0.25) is 4.79 Å². The second-order valence-electron chi connectivity index (χ2n) is 6.58. The summed E-state index contributed by atoms with van der Waals surface area (Å²) in [6.07, 6.45) is 3.65. The fourth-order valence-electron chi connectivity index (χ4n) is 3.71. The van der Waals surface area contributed by atoms with Crippen molar-refractivity contribution in [3.05, 3.63) is 24.0 Å². The molecule has 1 aromatic heterocycles. The average Bonchev–Trinajstić information content (AvgIpc) is 3.23. The van der Waals surface area contributed by atoms with E-state index in [9.17, 15) is 4.79 Å². The molecule has 1 unspecified atom stereocenters. The Hall–Kier alpha value is -2.41. The molecule has 2 saturated heterocycles. The molecule has 1 spiro atoms. The van der Waals surface area contributed by atoms with Crippen LogP contribution in [0.2, 0.25) is 0 Å². The summed E-state index contributed by atoms with van der Waals surface area (Å²) in [4.78, 5) is 22.5. The van der Waals surface area contributed by atoms with Gasteiger partial charge in [0.1, 0.15) is 22.5 Å². The maximum atomic E-state index is 11.4. The summed E-state index contributed by atoms with van der Waals surface area (Å²) in [5, 5.41) is 0. The molecule has 2 N–H and O–H groups in total. The highest BCUT2D eigenvalue weighted by molar-refractivity contribution is 5.97. The molecule has 3 heterocycles. The minimum absolute atomic E-state index is 0.139. The first kappa shape index (κ1) is 15.1. The first-order valence-corrected chi connectivity index (χ1v) is 8.08. The van der Waals surface area contributed by atoms with Gasteiger partial charge in [0, 0.05) is 25.1 Å². The zero-order valence-corrected chi connectivity index (χ0v) is 13.6. The van der Waals surface area contributed by atoms with Gasteiger partial charge in [0.05, 0.1) is 25.6 Å². The summed E-state index contributed by atoms with van der Waals surface area (Å²) < 4.78 is 11.0. The Bertz CT molecular complexity index is 802. The second kappa shape index (κ2) is 5.59. The Kier molecular flexibility index (Phi) is 3.53. The maximum Gasteiger partial charge on any atom is 0.268 e. The molecule has 7 heteroatoms. The summed E-state index contributed by atoms with van der Waals surface area (Å²) in [5.74, 6) is -0.0115. The highest BCUT2D eigenvalue weighted by Gasteiger charge is 2.41. The summed E-state index contributed by atoms with van der Waals surface area (Å²) in [6.45, 7) is 3.59. The molecule has 1 amide bonds. The highest BCUT2D eigenvalue weighted by Crippen LogP contribution is 2.42. The number of methoxy groups -OCH3 is 1. The molecule has 1 atom stereocenters. The van der Waals surface area contributed by atoms with Crippen molar-refractivity contribution in [2.24, 2.45) is 11.1 Å². The van der Waals surface area contributed by atoms with Crippen molar-refractivity contribution in [1.29, 1.82) is 0 Å². The van der Waals surface area contributed by atoms with Crippen LogP contribution in [0.15, 0.2) is 18.3 Å². The Balaban J connectivity index is 1.77. The van der Waals surface area contributed by atoms with Crippen LogP contribution in [0.1, 0.15) is 23.3 Å². The second-order valence-corrected chi connectivity index (χ2v) is 6.58. The van der Waals surface area contributed by atoms with E-state index in [1.165, 1.54) is 6.20 Å². The SMILES string of the molecule is COc1ccc(N2CCC3(CCOC3)C2)c2ncc(C(N)=O)nc12. The van der Waals surface area contributed by atoms with Crippen molar-refractivity contribution in [3.8, 4) is 5.75 Å². The summed E-state index contributed by atoms with van der Waals surface area (Å²) >= 11 is 0. The molecule has 24 heavy (non-hydrogen) atoms. The van der Waals surface area contributed by atoms with E-state index in [1.807, 2.05) is 12.1 Å². The standard InChI is InChI=1S/C17H20N4O3/c1-23-13-3-2-12(14-15(13)20-11(8-19-14)16(18)22)21-6-4-17(9-21)5-7-24-10-17/h2-3,8H,4-7,9-10H2,1H3,(H2,18,22). The van der Waals surface area contributed by atoms with Crippen molar-refractivity contribution >= 4 is 22.6 Å². The van der Waals surface area contributed by atoms with Crippen molar-refractivity contribution in [2.75, 3.05) is 38.3 Å². The topological polar surface area (TPSA) is 90.6 Å². The monoisotopic (exact) mass is 328 g/mol. The number of anilines is 1. The number of primary amides is 1. The number of hydrogen-bond acceptors (Lipinski definition) is 6. The molecule has 4 rings (SSSR count). The molecule has 0 aliphatic carbocycles. The summed E-state index contributed by atoms with van der Waals surface area (Å²) in [7, 11) is 1.58. The molecule has 0 saturated carbocycles. The molecule has 126 valence electrons. The van der Waals surface area contributed by atoms with E-state index in [-0.39, 0.29) is 11.1 Å². The third-order valence-electron chi connectivity index (χ3n) is 5.08. The molecule has 7 nitrogen and oxygen atoms in total. The molecule has 0 bridgehead atoms. The van der Waals surface area contributed by atoms with E-state index < -0.39 is 5.91 Å². The number of nitrogens with two attached hydrogens (primary N) is 1. The number of ether oxygens (including phenoxy) is 2. The number of fused-ring (bicyclic) bond motifs is 1. The first-order valence-electron chi connectivity index (χ1n) is 8.08. The molecular formula is C17H20N4O3. The zero-order valence-electron chi connectivity index (χ0n) is 13.6. The van der Waals surface area contributed by atoms with Gasteiger partial charge in [0.2, 0.25) is 0 Å². The minimum Gasteiger partial charge on any atom is -0.494 e. The number of hydrogen-bond donors (Lipinski definition) is 1. The van der Waals surface area contributed by atoms with Crippen LogP contribution < -0.4 is 15.4 Å². The zero-order chi connectivity index (χ0) is 16.7. The van der Waals surface area contributed by atoms with Crippen molar-refractivity contribution in [3.63, 3.8) is 0 Å². The summed E-state index contributed by atoms with van der Waals surface area (Å²) in [6, 6.07) is 3.88. The minimum atomic E-state index is -0.597. The Morgan fingerprint density at radius 3 is 2.96 bits per heavy atom. The largest absolute Gasteiger partial charge is 0.494 e. The van der Waals surface area contributed by atoms with Gasteiger partial charge >= 0.3 is 0 Å². The third kappa shape index (κ3) is 2.36. The van der Waals surface area contributed by atoms with Gasteiger partial charge in [-0.25, -0.2) is 9.97 Å². The Labute approximate surface area is 139 Å². The molecule has 1 aromatic carbocycles. The molecule has 2 aliphatic heterocycles. The number of carbonyl (C=O) groups excluding carboxylic acids is 1. The van der Waals surface area contributed by atoms with E-state index in [1.54, 1.807) is 7.11 Å². The number of aromatic nitrogens is 2. The molecule has 2 aliphatic rings.